The highest BCUT2D eigenvalue weighted by molar-refractivity contribution is 8.00. The molecule has 5 heteroatoms. The summed E-state index contributed by atoms with van der Waals surface area (Å²) >= 11 is 9.85. The number of halogens is 1. The quantitative estimate of drug-likeness (QED) is 0.806. The van der Waals surface area contributed by atoms with Crippen molar-refractivity contribution >= 4 is 34.7 Å². The van der Waals surface area contributed by atoms with Gasteiger partial charge in [0.2, 0.25) is 0 Å². The molecule has 1 N–H and O–H groups in total. The SMILES string of the molecule is O=c1[nH]c2c(s1)[C@H](c1ccccc1Cl)[C@@H]1[C@H]3CC[C@@H](C3)[C@H]1S2. The number of aromatic amines is 1. The number of H-pyrrole nitrogens is 1. The predicted molar refractivity (Wildman–Crippen MR) is 92.2 cm³/mol. The van der Waals surface area contributed by atoms with E-state index in [1.807, 2.05) is 23.9 Å². The first-order valence-electron chi connectivity index (χ1n) is 7.86. The third-order valence-corrected chi connectivity index (χ3v) is 8.67. The summed E-state index contributed by atoms with van der Waals surface area (Å²) in [4.78, 5) is 16.3. The fourth-order valence-electron chi connectivity index (χ4n) is 4.92. The van der Waals surface area contributed by atoms with Crippen LogP contribution in [0.4, 0.5) is 0 Å². The van der Waals surface area contributed by atoms with Gasteiger partial charge < -0.3 is 4.98 Å². The molecule has 2 aliphatic carbocycles. The number of nitrogens with one attached hydrogen (secondary N) is 1. The largest absolute Gasteiger partial charge is 0.307 e. The highest BCUT2D eigenvalue weighted by Gasteiger charge is 2.54. The number of fused-ring (bicyclic) bond motifs is 6. The van der Waals surface area contributed by atoms with E-state index in [2.05, 4.69) is 17.1 Å². The summed E-state index contributed by atoms with van der Waals surface area (Å²) < 4.78 is 0. The molecule has 5 atom stereocenters. The van der Waals surface area contributed by atoms with E-state index in [1.165, 1.54) is 41.0 Å². The average molecular weight is 350 g/mol. The summed E-state index contributed by atoms with van der Waals surface area (Å²) in [6, 6.07) is 8.19. The molecule has 2 heterocycles. The number of thioether (sulfide) groups is 1. The topological polar surface area (TPSA) is 32.9 Å². The van der Waals surface area contributed by atoms with Crippen LogP contribution in [-0.4, -0.2) is 10.2 Å². The van der Waals surface area contributed by atoms with Crippen molar-refractivity contribution in [2.45, 2.75) is 35.5 Å². The zero-order valence-electron chi connectivity index (χ0n) is 11.9. The predicted octanol–water partition coefficient (Wildman–Crippen LogP) is 4.74. The van der Waals surface area contributed by atoms with Gasteiger partial charge in [0.15, 0.2) is 0 Å². The average Bonchev–Trinajstić information content (AvgIpc) is 3.19. The standard InChI is InChI=1S/C17H16ClNOS2/c18-11-4-2-1-3-10(11)13-12-8-5-6-9(7-8)14(12)21-16-15(13)22-17(20)19-16/h1-4,8-9,12-14H,5-7H2,(H,19,20)/t8-,9-,12-,13+,14+/m0/s1. The molecule has 5 rings (SSSR count). The van der Waals surface area contributed by atoms with Crippen LogP contribution in [0, 0.1) is 17.8 Å². The number of hydrogen-bond donors (Lipinski definition) is 1. The second kappa shape index (κ2) is 4.89. The fourth-order valence-corrected chi connectivity index (χ4v) is 8.06. The van der Waals surface area contributed by atoms with Gasteiger partial charge in [-0.1, -0.05) is 41.1 Å². The van der Waals surface area contributed by atoms with E-state index in [1.54, 1.807) is 0 Å². The molecule has 0 spiro atoms. The van der Waals surface area contributed by atoms with Crippen LogP contribution < -0.4 is 4.87 Å². The summed E-state index contributed by atoms with van der Waals surface area (Å²) in [6.07, 6.45) is 4.07. The van der Waals surface area contributed by atoms with E-state index in [0.717, 1.165) is 21.9 Å². The minimum absolute atomic E-state index is 0.0712. The minimum atomic E-state index is 0.0712. The van der Waals surface area contributed by atoms with Crippen molar-refractivity contribution in [3.8, 4) is 0 Å². The van der Waals surface area contributed by atoms with Crippen molar-refractivity contribution in [2.24, 2.45) is 17.8 Å². The molecule has 0 unspecified atom stereocenters. The van der Waals surface area contributed by atoms with Gasteiger partial charge in [-0.05, 0) is 48.6 Å². The first-order chi connectivity index (χ1) is 10.7. The van der Waals surface area contributed by atoms with Crippen LogP contribution in [-0.2, 0) is 0 Å². The molecular weight excluding hydrogens is 334 g/mol. The van der Waals surface area contributed by atoms with Gasteiger partial charge in [0, 0.05) is 21.1 Å². The van der Waals surface area contributed by atoms with Gasteiger partial charge in [-0.25, -0.2) is 0 Å². The van der Waals surface area contributed by atoms with Gasteiger partial charge in [0.25, 0.3) is 0 Å². The van der Waals surface area contributed by atoms with E-state index in [-0.39, 0.29) is 4.87 Å². The van der Waals surface area contributed by atoms with Crippen molar-refractivity contribution in [3.05, 3.63) is 49.4 Å². The van der Waals surface area contributed by atoms with Crippen LogP contribution in [0.15, 0.2) is 34.1 Å². The van der Waals surface area contributed by atoms with Crippen molar-refractivity contribution in [3.63, 3.8) is 0 Å². The molecule has 22 heavy (non-hydrogen) atoms. The van der Waals surface area contributed by atoms with Gasteiger partial charge >= 0.3 is 4.87 Å². The summed E-state index contributed by atoms with van der Waals surface area (Å²) in [5, 5.41) is 2.60. The Balaban J connectivity index is 1.72. The summed E-state index contributed by atoms with van der Waals surface area (Å²) in [5.41, 5.74) is 1.21. The normalized spacial score (nSPS) is 35.4. The lowest BCUT2D eigenvalue weighted by molar-refractivity contribution is 0.307. The van der Waals surface area contributed by atoms with Crippen LogP contribution in [0.2, 0.25) is 5.02 Å². The zero-order chi connectivity index (χ0) is 14.8. The van der Waals surface area contributed by atoms with Crippen LogP contribution in [0.5, 0.6) is 0 Å². The van der Waals surface area contributed by atoms with E-state index < -0.39 is 0 Å². The molecule has 0 amide bonds. The molecule has 2 aromatic rings. The van der Waals surface area contributed by atoms with Crippen molar-refractivity contribution in [2.75, 3.05) is 0 Å². The number of aromatic nitrogens is 1. The fraction of sp³-hybridized carbons (Fsp3) is 0.471. The number of rotatable bonds is 1. The van der Waals surface area contributed by atoms with E-state index in [9.17, 15) is 4.79 Å². The van der Waals surface area contributed by atoms with Gasteiger partial charge in [-0.2, -0.15) is 0 Å². The van der Waals surface area contributed by atoms with Crippen LogP contribution in [0.25, 0.3) is 0 Å². The molecule has 114 valence electrons. The second-order valence-electron chi connectivity index (χ2n) is 6.70. The molecule has 1 aliphatic heterocycles. The Kier molecular flexibility index (Phi) is 3.05. The summed E-state index contributed by atoms with van der Waals surface area (Å²) in [6.45, 7) is 0. The first kappa shape index (κ1) is 13.7. The maximum atomic E-state index is 11.9. The molecule has 2 fully saturated rings. The number of hydrogen-bond acceptors (Lipinski definition) is 3. The third kappa shape index (κ3) is 1.84. The van der Waals surface area contributed by atoms with E-state index >= 15 is 0 Å². The molecule has 1 aromatic heterocycles. The molecule has 2 nitrogen and oxygen atoms in total. The lowest BCUT2D eigenvalue weighted by Crippen LogP contribution is -2.33. The molecule has 2 saturated carbocycles. The Bertz CT molecular complexity index is 798. The van der Waals surface area contributed by atoms with Gasteiger partial charge in [0.1, 0.15) is 0 Å². The molecule has 0 saturated heterocycles. The first-order valence-corrected chi connectivity index (χ1v) is 9.94. The van der Waals surface area contributed by atoms with Gasteiger partial charge in [-0.15, -0.1) is 11.8 Å². The Hall–Kier alpha value is -0.710. The van der Waals surface area contributed by atoms with Crippen molar-refractivity contribution in [1.82, 2.24) is 4.98 Å². The summed E-state index contributed by atoms with van der Waals surface area (Å²) in [7, 11) is 0. The lowest BCUT2D eigenvalue weighted by Gasteiger charge is -2.40. The highest BCUT2D eigenvalue weighted by atomic mass is 35.5. The smallest absolute Gasteiger partial charge is 0.305 e. The van der Waals surface area contributed by atoms with E-state index in [0.29, 0.717) is 17.1 Å². The Morgan fingerprint density at radius 2 is 2.00 bits per heavy atom. The molecule has 3 aliphatic rings. The molecular formula is C17H16ClNOS2. The Labute approximate surface area is 142 Å². The van der Waals surface area contributed by atoms with Crippen LogP contribution >= 0.6 is 34.7 Å². The molecule has 0 radical (unpaired) electrons. The molecule has 2 bridgehead atoms. The highest BCUT2D eigenvalue weighted by Crippen LogP contribution is 2.64. The third-order valence-electron chi connectivity index (χ3n) is 5.71. The Morgan fingerprint density at radius 1 is 1.18 bits per heavy atom. The molecule has 1 aromatic carbocycles. The maximum Gasteiger partial charge on any atom is 0.305 e. The van der Waals surface area contributed by atoms with E-state index in [4.69, 9.17) is 11.6 Å². The second-order valence-corrected chi connectivity index (χ2v) is 9.31. The van der Waals surface area contributed by atoms with Gasteiger partial charge in [-0.3, -0.25) is 4.79 Å². The van der Waals surface area contributed by atoms with Crippen LogP contribution in [0.1, 0.15) is 35.6 Å². The van der Waals surface area contributed by atoms with Crippen molar-refractivity contribution in [1.29, 1.82) is 0 Å². The summed E-state index contributed by atoms with van der Waals surface area (Å²) in [5.74, 6) is 2.56. The maximum absolute atomic E-state index is 11.9. The van der Waals surface area contributed by atoms with Crippen molar-refractivity contribution < 1.29 is 0 Å². The monoisotopic (exact) mass is 349 g/mol. The Morgan fingerprint density at radius 3 is 2.86 bits per heavy atom. The number of benzene rings is 1. The number of thiazole rings is 1. The lowest BCUT2D eigenvalue weighted by atomic mass is 9.75. The minimum Gasteiger partial charge on any atom is -0.307 e. The van der Waals surface area contributed by atoms with Gasteiger partial charge in [0.05, 0.1) is 5.03 Å². The zero-order valence-corrected chi connectivity index (χ0v) is 14.3. The van der Waals surface area contributed by atoms with Crippen LogP contribution in [0.3, 0.4) is 0 Å².